The zero-order chi connectivity index (χ0) is 47.0. The van der Waals surface area contributed by atoms with Gasteiger partial charge in [-0.25, -0.2) is 4.98 Å². The molecule has 0 saturated carbocycles. The number of pyridine rings is 1. The molecule has 0 amide bonds. The number of phenols is 1. The number of aryl methyl sites for hydroxylation is 4. The van der Waals surface area contributed by atoms with Gasteiger partial charge in [0.2, 0.25) is 0 Å². The predicted octanol–water partition coefficient (Wildman–Crippen LogP) is 15.0. The third-order valence-electron chi connectivity index (χ3n) is 11.5. The molecule has 0 atom stereocenters. The molecule has 0 aliphatic heterocycles. The molecule has 2 heterocycles. The van der Waals surface area contributed by atoms with E-state index in [4.69, 9.17) is 16.8 Å². The number of benzene rings is 6. The van der Waals surface area contributed by atoms with E-state index < -0.39 is 18.6 Å². The summed E-state index contributed by atoms with van der Waals surface area (Å²) in [6.07, 6.45) is 1.84. The van der Waals surface area contributed by atoms with E-state index in [9.17, 15) is 5.11 Å². The van der Waals surface area contributed by atoms with Gasteiger partial charge in [-0.3, -0.25) is 9.55 Å². The minimum atomic E-state index is -2.57. The van der Waals surface area contributed by atoms with Gasteiger partial charge in [-0.1, -0.05) is 138 Å². The van der Waals surface area contributed by atoms with Crippen molar-refractivity contribution < 1.29 is 33.0 Å². The molecule has 0 unspecified atom stereocenters. The van der Waals surface area contributed by atoms with E-state index in [0.29, 0.717) is 39.2 Å². The van der Waals surface area contributed by atoms with Crippen molar-refractivity contribution in [1.82, 2.24) is 14.5 Å². The van der Waals surface area contributed by atoms with Crippen molar-refractivity contribution in [2.24, 2.45) is 0 Å². The fraction of sp³-hybridized carbons (Fsp3) is 0.250. The van der Waals surface area contributed by atoms with E-state index in [0.717, 1.165) is 61.3 Å². The zero-order valence-electron chi connectivity index (χ0n) is 41.7. The van der Waals surface area contributed by atoms with Gasteiger partial charge < -0.3 is 5.11 Å². The van der Waals surface area contributed by atoms with Crippen LogP contribution in [0.15, 0.2) is 121 Å². The number of rotatable bonds is 8. The molecular formula is C56H56N3OPt-. The number of aromatic hydroxyl groups is 1. The van der Waals surface area contributed by atoms with Gasteiger partial charge in [0.15, 0.2) is 0 Å². The van der Waals surface area contributed by atoms with Gasteiger partial charge in [0.25, 0.3) is 0 Å². The minimum Gasteiger partial charge on any atom is -0.507 e. The molecule has 8 rings (SSSR count). The van der Waals surface area contributed by atoms with Crippen LogP contribution in [0.3, 0.4) is 0 Å². The largest absolute Gasteiger partial charge is 0.507 e. The Bertz CT molecular complexity index is 3100. The van der Waals surface area contributed by atoms with Crippen molar-refractivity contribution in [3.05, 3.63) is 166 Å². The summed E-state index contributed by atoms with van der Waals surface area (Å²) < 4.78 is 46.5. The van der Waals surface area contributed by atoms with Crippen LogP contribution in [0, 0.1) is 33.7 Å². The molecule has 8 aromatic rings. The quantitative estimate of drug-likeness (QED) is 0.154. The van der Waals surface area contributed by atoms with Crippen molar-refractivity contribution in [1.29, 1.82) is 0 Å². The first kappa shape index (κ1) is 37.2. The molecular weight excluding hydrogens is 926 g/mol. The molecule has 6 aromatic carbocycles. The molecule has 0 bridgehead atoms. The summed E-state index contributed by atoms with van der Waals surface area (Å²) in [5.74, 6) is -1.45. The number of para-hydroxylation sites is 1. The predicted molar refractivity (Wildman–Crippen MR) is 252 cm³/mol. The van der Waals surface area contributed by atoms with Crippen LogP contribution in [0.4, 0.5) is 0 Å². The standard InChI is InChI=1S/C56H56N3O.Pt/c1-33(2)42-26-43(34(3)4)28-44(27-42)40-19-20-51(37(7)25-40)59-52-14-12-13-48(53(52)58-55(59)49-24-36(6)23-38(8)54(49)60)45-29-46(31-47(30-45)56(9,10)11)50-32-41(21-22-57-50)39-17-15-35(5)16-18-39;/h12-28,30-34,60H,1-11H3;/q-1;/i7D3,33D,34D;. The monoisotopic (exact) mass is 986 g/mol. The van der Waals surface area contributed by atoms with Crippen LogP contribution in [-0.2, 0) is 26.5 Å². The smallest absolute Gasteiger partial charge is 0.148 e. The van der Waals surface area contributed by atoms with Crippen molar-refractivity contribution in [3.8, 4) is 67.5 Å². The first-order chi connectivity index (χ1) is 30.4. The molecule has 0 fully saturated rings. The first-order valence-electron chi connectivity index (χ1n) is 23.1. The summed E-state index contributed by atoms with van der Waals surface area (Å²) >= 11 is 0. The van der Waals surface area contributed by atoms with Crippen molar-refractivity contribution in [3.63, 3.8) is 0 Å². The van der Waals surface area contributed by atoms with Crippen molar-refractivity contribution in [2.75, 3.05) is 0 Å². The summed E-state index contributed by atoms with van der Waals surface area (Å²) in [7, 11) is 0. The van der Waals surface area contributed by atoms with Gasteiger partial charge >= 0.3 is 0 Å². The zero-order valence-corrected chi connectivity index (χ0v) is 38.9. The van der Waals surface area contributed by atoms with E-state index in [1.807, 2.05) is 119 Å². The topological polar surface area (TPSA) is 50.9 Å². The number of phenolic OH excluding ortho intramolecular Hbond substituents is 1. The van der Waals surface area contributed by atoms with Crippen molar-refractivity contribution in [2.45, 2.75) is 93.3 Å². The Labute approximate surface area is 384 Å². The van der Waals surface area contributed by atoms with Crippen LogP contribution in [0.25, 0.3) is 72.7 Å². The molecule has 0 aliphatic rings. The van der Waals surface area contributed by atoms with E-state index in [2.05, 4.69) is 76.2 Å². The van der Waals surface area contributed by atoms with Gasteiger partial charge in [0.1, 0.15) is 11.6 Å². The second-order valence-electron chi connectivity index (χ2n) is 17.7. The normalized spacial score (nSPS) is 13.5. The van der Waals surface area contributed by atoms with Gasteiger partial charge in [0, 0.05) is 39.8 Å². The van der Waals surface area contributed by atoms with Crippen LogP contribution in [-0.4, -0.2) is 19.6 Å². The first-order valence-corrected chi connectivity index (χ1v) is 20.6. The van der Waals surface area contributed by atoms with E-state index in [1.165, 1.54) is 5.56 Å². The Morgan fingerprint density at radius 2 is 1.34 bits per heavy atom. The van der Waals surface area contributed by atoms with E-state index in [1.54, 1.807) is 6.07 Å². The molecule has 4 nitrogen and oxygen atoms in total. The number of aromatic nitrogens is 3. The molecule has 2 aromatic heterocycles. The summed E-state index contributed by atoms with van der Waals surface area (Å²) in [5.41, 5.74) is 14.1. The Kier molecular flexibility index (Phi) is 10.4. The number of nitrogens with zero attached hydrogens (tertiary/aromatic N) is 3. The number of imidazole rings is 1. The molecule has 0 saturated heterocycles. The SMILES string of the molecule is [2H]C([2H])([2H])c1cc(-c2cc(C([2H])(C)C)cc(C([2H])(C)C)c2)ccc1-n1c(-c2cc(C)cc(C)c2O)nc2c(-c3[c-]c(-c4cc(-c5ccc(C)cc5)ccn4)cc(C(C)(C)C)c3)cccc21.[Pt]. The van der Waals surface area contributed by atoms with Crippen LogP contribution in [0.2, 0.25) is 0 Å². The number of hydrogen-bond donors (Lipinski definition) is 1. The molecule has 0 spiro atoms. The maximum atomic E-state index is 11.8. The minimum absolute atomic E-state index is 0. The van der Waals surface area contributed by atoms with E-state index >= 15 is 0 Å². The number of fused-ring (bicyclic) bond motifs is 1. The summed E-state index contributed by atoms with van der Waals surface area (Å²) in [6, 6.07) is 41.5. The second-order valence-corrected chi connectivity index (χ2v) is 17.7. The van der Waals surface area contributed by atoms with Gasteiger partial charge in [-0.15, -0.1) is 29.3 Å². The third kappa shape index (κ3) is 8.66. The Balaban J connectivity index is 0.00000648. The molecule has 61 heavy (non-hydrogen) atoms. The fourth-order valence-electron chi connectivity index (χ4n) is 7.94. The van der Waals surface area contributed by atoms with E-state index in [-0.39, 0.29) is 37.8 Å². The fourth-order valence-corrected chi connectivity index (χ4v) is 7.94. The van der Waals surface area contributed by atoms with Gasteiger partial charge in [-0.05, 0) is 125 Å². The molecule has 5 heteroatoms. The summed E-state index contributed by atoms with van der Waals surface area (Å²) in [4.78, 5) is 10.2. The van der Waals surface area contributed by atoms with Crippen LogP contribution >= 0.6 is 0 Å². The van der Waals surface area contributed by atoms with Crippen LogP contribution in [0.5, 0.6) is 5.75 Å². The second kappa shape index (κ2) is 17.1. The third-order valence-corrected chi connectivity index (χ3v) is 11.5. The Morgan fingerprint density at radius 1 is 0.672 bits per heavy atom. The average molecular weight is 987 g/mol. The van der Waals surface area contributed by atoms with Crippen molar-refractivity contribution >= 4 is 11.0 Å². The molecule has 0 aliphatic carbocycles. The summed E-state index contributed by atoms with van der Waals surface area (Å²) in [6.45, 7) is 17.1. The molecule has 1 N–H and O–H groups in total. The molecule has 312 valence electrons. The van der Waals surface area contributed by atoms with Gasteiger partial charge in [-0.2, -0.15) is 0 Å². The van der Waals surface area contributed by atoms with Crippen LogP contribution in [0.1, 0.15) is 106 Å². The Hall–Kier alpha value is -5.57. The summed E-state index contributed by atoms with van der Waals surface area (Å²) in [5, 5.41) is 11.8. The Morgan fingerprint density at radius 3 is 2.02 bits per heavy atom. The molecule has 0 radical (unpaired) electrons. The average Bonchev–Trinajstić information content (AvgIpc) is 3.63. The van der Waals surface area contributed by atoms with Crippen LogP contribution < -0.4 is 0 Å². The maximum Gasteiger partial charge on any atom is 0.148 e. The maximum absolute atomic E-state index is 11.8. The number of hydrogen-bond acceptors (Lipinski definition) is 3. The van der Waals surface area contributed by atoms with Gasteiger partial charge in [0.05, 0.1) is 22.3 Å².